The van der Waals surface area contributed by atoms with Gasteiger partial charge in [0, 0.05) is 16.6 Å². The lowest BCUT2D eigenvalue weighted by atomic mass is 10.1. The van der Waals surface area contributed by atoms with E-state index in [4.69, 9.17) is 4.98 Å². The smallest absolute Gasteiger partial charge is 0.261 e. The zero-order valence-corrected chi connectivity index (χ0v) is 16.4. The predicted octanol–water partition coefficient (Wildman–Crippen LogP) is 4.48. The van der Waals surface area contributed by atoms with E-state index in [2.05, 4.69) is 15.9 Å². The Hall–Kier alpha value is -3.12. The Morgan fingerprint density at radius 2 is 1.75 bits per heavy atom. The van der Waals surface area contributed by atoms with Gasteiger partial charge < -0.3 is 10.2 Å². The number of aromatic hydroxyl groups is 2. The Morgan fingerprint density at radius 3 is 2.54 bits per heavy atom. The van der Waals surface area contributed by atoms with Crippen LogP contribution >= 0.6 is 15.9 Å². The Morgan fingerprint density at radius 1 is 0.964 bits per heavy atom. The highest BCUT2D eigenvalue weighted by atomic mass is 79.9. The molecule has 0 unspecified atom stereocenters. The second-order valence-corrected chi connectivity index (χ2v) is 7.31. The number of rotatable bonds is 4. The summed E-state index contributed by atoms with van der Waals surface area (Å²) < 4.78 is 2.38. The van der Waals surface area contributed by atoms with E-state index in [9.17, 15) is 15.0 Å². The number of halogens is 1. The maximum atomic E-state index is 13.2. The summed E-state index contributed by atoms with van der Waals surface area (Å²) in [5.41, 5.74) is 1.87. The number of phenolic OH excluding ortho intramolecular Hbond substituents is 2. The van der Waals surface area contributed by atoms with Gasteiger partial charge in [-0.1, -0.05) is 36.4 Å². The fraction of sp³-hybridized carbons (Fsp3) is 0.0909. The molecular formula is C22H17BrN2O3. The quantitative estimate of drug-likeness (QED) is 0.462. The molecule has 0 bridgehead atoms. The van der Waals surface area contributed by atoms with E-state index >= 15 is 0 Å². The second-order valence-electron chi connectivity index (χ2n) is 6.46. The molecule has 28 heavy (non-hydrogen) atoms. The predicted molar refractivity (Wildman–Crippen MR) is 113 cm³/mol. The van der Waals surface area contributed by atoms with E-state index in [0.717, 1.165) is 10.0 Å². The Kier molecular flexibility index (Phi) is 4.88. The molecule has 0 fully saturated rings. The molecule has 140 valence electrons. The number of aromatic nitrogens is 2. The van der Waals surface area contributed by atoms with Crippen LogP contribution in [0.5, 0.6) is 11.5 Å². The van der Waals surface area contributed by atoms with Crippen molar-refractivity contribution in [2.24, 2.45) is 0 Å². The van der Waals surface area contributed by atoms with Crippen LogP contribution in [0.15, 0.2) is 76.0 Å². The lowest BCUT2D eigenvalue weighted by Crippen LogP contribution is -2.24. The first kappa shape index (κ1) is 18.3. The number of para-hydroxylation sites is 1. The molecule has 6 heteroatoms. The fourth-order valence-corrected chi connectivity index (χ4v) is 3.68. The van der Waals surface area contributed by atoms with Crippen molar-refractivity contribution in [1.82, 2.24) is 9.55 Å². The SMILES string of the molecule is O=c1c2cccc(Br)c2nc(-c2ccccc2)n1CCc1cc(O)ccc1O. The van der Waals surface area contributed by atoms with Crippen LogP contribution < -0.4 is 5.56 Å². The number of phenols is 2. The van der Waals surface area contributed by atoms with Gasteiger partial charge in [0.25, 0.3) is 5.56 Å². The summed E-state index contributed by atoms with van der Waals surface area (Å²) in [6.07, 6.45) is 0.376. The zero-order chi connectivity index (χ0) is 19.7. The number of fused-ring (bicyclic) bond motifs is 1. The summed E-state index contributed by atoms with van der Waals surface area (Å²) in [5, 5.41) is 20.3. The van der Waals surface area contributed by atoms with E-state index in [0.29, 0.717) is 35.3 Å². The van der Waals surface area contributed by atoms with Gasteiger partial charge >= 0.3 is 0 Å². The van der Waals surface area contributed by atoms with Crippen molar-refractivity contribution in [2.45, 2.75) is 13.0 Å². The molecule has 1 aromatic heterocycles. The van der Waals surface area contributed by atoms with Crippen molar-refractivity contribution in [3.8, 4) is 22.9 Å². The molecule has 0 aliphatic rings. The first-order chi connectivity index (χ1) is 13.5. The summed E-state index contributed by atoms with van der Waals surface area (Å²) >= 11 is 3.48. The highest BCUT2D eigenvalue weighted by Gasteiger charge is 2.15. The van der Waals surface area contributed by atoms with Crippen LogP contribution in [-0.4, -0.2) is 19.8 Å². The van der Waals surface area contributed by atoms with Crippen LogP contribution in [0.25, 0.3) is 22.3 Å². The minimum Gasteiger partial charge on any atom is -0.508 e. The zero-order valence-electron chi connectivity index (χ0n) is 14.8. The molecule has 0 amide bonds. The van der Waals surface area contributed by atoms with Crippen LogP contribution in [0.2, 0.25) is 0 Å². The number of hydrogen-bond donors (Lipinski definition) is 2. The third-order valence-electron chi connectivity index (χ3n) is 4.64. The maximum Gasteiger partial charge on any atom is 0.261 e. The molecule has 5 nitrogen and oxygen atoms in total. The maximum absolute atomic E-state index is 13.2. The van der Waals surface area contributed by atoms with E-state index < -0.39 is 0 Å². The van der Waals surface area contributed by atoms with Crippen LogP contribution in [-0.2, 0) is 13.0 Å². The molecule has 1 heterocycles. The minimum atomic E-state index is -0.148. The summed E-state index contributed by atoms with van der Waals surface area (Å²) in [6.45, 7) is 0.315. The minimum absolute atomic E-state index is 0.0731. The highest BCUT2D eigenvalue weighted by molar-refractivity contribution is 9.10. The third kappa shape index (κ3) is 3.39. The van der Waals surface area contributed by atoms with Gasteiger partial charge in [-0.3, -0.25) is 9.36 Å². The standard InChI is InChI=1S/C22H17BrN2O3/c23-18-8-4-7-17-20(18)24-21(14-5-2-1-3-6-14)25(22(17)28)12-11-15-13-16(26)9-10-19(15)27/h1-10,13,26-27H,11-12H2. The van der Waals surface area contributed by atoms with Gasteiger partial charge in [-0.2, -0.15) is 0 Å². The van der Waals surface area contributed by atoms with Crippen LogP contribution in [0.3, 0.4) is 0 Å². The molecule has 4 rings (SSSR count). The molecule has 4 aromatic rings. The highest BCUT2D eigenvalue weighted by Crippen LogP contribution is 2.26. The molecule has 3 aromatic carbocycles. The summed E-state index contributed by atoms with van der Waals surface area (Å²) in [5.74, 6) is 0.720. The average Bonchev–Trinajstić information content (AvgIpc) is 2.71. The largest absolute Gasteiger partial charge is 0.508 e. The summed E-state index contributed by atoms with van der Waals surface area (Å²) in [7, 11) is 0. The average molecular weight is 437 g/mol. The molecule has 0 spiro atoms. The van der Waals surface area contributed by atoms with E-state index in [-0.39, 0.29) is 17.1 Å². The lowest BCUT2D eigenvalue weighted by Gasteiger charge is -2.15. The number of hydrogen-bond acceptors (Lipinski definition) is 4. The van der Waals surface area contributed by atoms with Gasteiger partial charge in [0.15, 0.2) is 0 Å². The van der Waals surface area contributed by atoms with Crippen molar-refractivity contribution in [1.29, 1.82) is 0 Å². The van der Waals surface area contributed by atoms with Crippen LogP contribution in [0, 0.1) is 0 Å². The molecular weight excluding hydrogens is 420 g/mol. The van der Waals surface area contributed by atoms with Gasteiger partial charge in [0.05, 0.1) is 10.9 Å². The molecule has 0 radical (unpaired) electrons. The van der Waals surface area contributed by atoms with Crippen LogP contribution in [0.1, 0.15) is 5.56 Å². The Balaban J connectivity index is 1.87. The fourth-order valence-electron chi connectivity index (χ4n) is 3.23. The second kappa shape index (κ2) is 7.48. The molecule has 0 aliphatic carbocycles. The molecule has 0 aliphatic heterocycles. The van der Waals surface area contributed by atoms with Crippen molar-refractivity contribution in [3.63, 3.8) is 0 Å². The molecule has 2 N–H and O–H groups in total. The number of nitrogens with zero attached hydrogens (tertiary/aromatic N) is 2. The third-order valence-corrected chi connectivity index (χ3v) is 5.28. The molecule has 0 saturated heterocycles. The van der Waals surface area contributed by atoms with Crippen molar-refractivity contribution >= 4 is 26.8 Å². The van der Waals surface area contributed by atoms with E-state index in [1.54, 1.807) is 10.6 Å². The topological polar surface area (TPSA) is 75.4 Å². The van der Waals surface area contributed by atoms with E-state index in [1.807, 2.05) is 42.5 Å². The molecule has 0 saturated carbocycles. The number of benzene rings is 3. The van der Waals surface area contributed by atoms with Crippen molar-refractivity contribution < 1.29 is 10.2 Å². The first-order valence-electron chi connectivity index (χ1n) is 8.80. The monoisotopic (exact) mass is 436 g/mol. The Labute approximate surface area is 169 Å². The van der Waals surface area contributed by atoms with Gasteiger partial charge in [-0.15, -0.1) is 0 Å². The van der Waals surface area contributed by atoms with Gasteiger partial charge in [0.2, 0.25) is 0 Å². The summed E-state index contributed by atoms with van der Waals surface area (Å²) in [6, 6.07) is 19.3. The van der Waals surface area contributed by atoms with Crippen molar-refractivity contribution in [3.05, 3.63) is 87.1 Å². The van der Waals surface area contributed by atoms with Gasteiger partial charge in [-0.25, -0.2) is 4.98 Å². The van der Waals surface area contributed by atoms with Crippen molar-refractivity contribution in [2.75, 3.05) is 0 Å². The first-order valence-corrected chi connectivity index (χ1v) is 9.59. The number of aryl methyl sites for hydroxylation is 1. The van der Waals surface area contributed by atoms with Crippen LogP contribution in [0.4, 0.5) is 0 Å². The van der Waals surface area contributed by atoms with E-state index in [1.165, 1.54) is 18.2 Å². The van der Waals surface area contributed by atoms with Gasteiger partial charge in [-0.05, 0) is 58.2 Å². The summed E-state index contributed by atoms with van der Waals surface area (Å²) in [4.78, 5) is 18.0. The molecule has 0 atom stereocenters. The Bertz CT molecular complexity index is 1220. The normalized spacial score (nSPS) is 11.0. The van der Waals surface area contributed by atoms with Gasteiger partial charge in [0.1, 0.15) is 17.3 Å². The lowest BCUT2D eigenvalue weighted by molar-refractivity contribution is 0.452.